The summed E-state index contributed by atoms with van der Waals surface area (Å²) in [5.41, 5.74) is 2.77. The molecule has 0 aromatic heterocycles. The molecule has 4 rings (SSSR count). The number of amides is 1. The zero-order chi connectivity index (χ0) is 23.4. The molecule has 0 aliphatic carbocycles. The van der Waals surface area contributed by atoms with Crippen molar-refractivity contribution < 1.29 is 17.9 Å². The van der Waals surface area contributed by atoms with Crippen molar-refractivity contribution in [2.24, 2.45) is 0 Å². The Kier molecular flexibility index (Phi) is 7.55. The van der Waals surface area contributed by atoms with Crippen molar-refractivity contribution in [2.45, 2.75) is 11.8 Å². The number of nitrogens with one attached hydrogen (secondary N) is 1. The summed E-state index contributed by atoms with van der Waals surface area (Å²) >= 11 is 6.26. The molecule has 2 heterocycles. The number of carbonyl (C=O) groups is 1. The van der Waals surface area contributed by atoms with Gasteiger partial charge in [-0.3, -0.25) is 9.69 Å². The molecule has 2 saturated heterocycles. The summed E-state index contributed by atoms with van der Waals surface area (Å²) in [7, 11) is -3.67. The number of halogens is 1. The Hall–Kier alpha value is -2.17. The minimum absolute atomic E-state index is 0.107. The number of benzene rings is 2. The van der Waals surface area contributed by atoms with Gasteiger partial charge in [0.2, 0.25) is 15.9 Å². The number of piperazine rings is 1. The smallest absolute Gasteiger partial charge is 0.243 e. The Labute approximate surface area is 200 Å². The van der Waals surface area contributed by atoms with Crippen molar-refractivity contribution in [3.05, 3.63) is 53.1 Å². The highest BCUT2D eigenvalue weighted by atomic mass is 35.5. The number of sulfonamides is 1. The van der Waals surface area contributed by atoms with Gasteiger partial charge in [-0.2, -0.15) is 4.31 Å². The molecule has 8 nitrogen and oxygen atoms in total. The second kappa shape index (κ2) is 10.4. The van der Waals surface area contributed by atoms with Crippen molar-refractivity contribution >= 4 is 38.9 Å². The fraction of sp³-hybridized carbons (Fsp3) is 0.435. The number of ether oxygens (including phenoxy) is 1. The summed E-state index contributed by atoms with van der Waals surface area (Å²) < 4.78 is 32.5. The molecule has 0 atom stereocenters. The van der Waals surface area contributed by atoms with Gasteiger partial charge in [-0.25, -0.2) is 8.42 Å². The van der Waals surface area contributed by atoms with E-state index in [-0.39, 0.29) is 17.3 Å². The van der Waals surface area contributed by atoms with Crippen LogP contribution >= 0.6 is 11.6 Å². The maximum atomic E-state index is 12.9. The molecule has 2 aromatic carbocycles. The molecule has 10 heteroatoms. The van der Waals surface area contributed by atoms with E-state index in [1.165, 1.54) is 33.8 Å². The van der Waals surface area contributed by atoms with E-state index in [9.17, 15) is 13.2 Å². The van der Waals surface area contributed by atoms with Crippen LogP contribution in [-0.2, 0) is 19.6 Å². The maximum Gasteiger partial charge on any atom is 0.243 e. The number of hydrogen-bond acceptors (Lipinski definition) is 6. The summed E-state index contributed by atoms with van der Waals surface area (Å²) in [5, 5.41) is 3.09. The Bertz CT molecular complexity index is 1100. The molecule has 33 heavy (non-hydrogen) atoms. The lowest BCUT2D eigenvalue weighted by Crippen LogP contribution is -2.48. The number of anilines is 2. The van der Waals surface area contributed by atoms with Gasteiger partial charge in [-0.15, -0.1) is 0 Å². The van der Waals surface area contributed by atoms with E-state index in [4.69, 9.17) is 16.3 Å². The molecule has 0 radical (unpaired) electrons. The lowest BCUT2D eigenvalue weighted by molar-refractivity contribution is -0.117. The van der Waals surface area contributed by atoms with Crippen molar-refractivity contribution in [1.29, 1.82) is 0 Å². The van der Waals surface area contributed by atoms with E-state index in [1.54, 1.807) is 0 Å². The third-order valence-electron chi connectivity index (χ3n) is 6.02. The van der Waals surface area contributed by atoms with Crippen molar-refractivity contribution in [2.75, 3.05) is 69.2 Å². The van der Waals surface area contributed by atoms with Gasteiger partial charge in [0.05, 0.1) is 35.4 Å². The predicted molar refractivity (Wildman–Crippen MR) is 129 cm³/mol. The van der Waals surface area contributed by atoms with Gasteiger partial charge in [0.15, 0.2) is 0 Å². The highest BCUT2D eigenvalue weighted by molar-refractivity contribution is 7.89. The van der Waals surface area contributed by atoms with Crippen LogP contribution < -0.4 is 10.2 Å². The lowest BCUT2D eigenvalue weighted by atomic mass is 10.1. The number of para-hydroxylation sites is 1. The summed E-state index contributed by atoms with van der Waals surface area (Å²) in [5.74, 6) is -0.220. The molecular formula is C23H29ClN4O4S. The normalized spacial score (nSPS) is 18.3. The van der Waals surface area contributed by atoms with Crippen LogP contribution in [0.4, 0.5) is 11.4 Å². The number of rotatable bonds is 6. The first-order valence-corrected chi connectivity index (χ1v) is 12.9. The average Bonchev–Trinajstić information content (AvgIpc) is 2.82. The van der Waals surface area contributed by atoms with Crippen molar-refractivity contribution in [1.82, 2.24) is 9.21 Å². The fourth-order valence-electron chi connectivity index (χ4n) is 4.15. The molecule has 0 bridgehead atoms. The molecule has 0 saturated carbocycles. The second-order valence-corrected chi connectivity index (χ2v) is 10.6. The zero-order valence-electron chi connectivity index (χ0n) is 18.7. The number of carbonyl (C=O) groups excluding carboxylic acids is 1. The molecule has 2 aromatic rings. The summed E-state index contributed by atoms with van der Waals surface area (Å²) in [6, 6.07) is 12.7. The summed E-state index contributed by atoms with van der Waals surface area (Å²) in [6.07, 6.45) is 0. The van der Waals surface area contributed by atoms with Gasteiger partial charge in [0, 0.05) is 45.0 Å². The third kappa shape index (κ3) is 5.67. The van der Waals surface area contributed by atoms with E-state index >= 15 is 0 Å². The molecule has 1 amide bonds. The van der Waals surface area contributed by atoms with Gasteiger partial charge in [0.25, 0.3) is 0 Å². The van der Waals surface area contributed by atoms with Crippen LogP contribution in [0.15, 0.2) is 47.4 Å². The Balaban J connectivity index is 1.36. The van der Waals surface area contributed by atoms with E-state index in [1.807, 2.05) is 12.1 Å². The highest BCUT2D eigenvalue weighted by Crippen LogP contribution is 2.27. The van der Waals surface area contributed by atoms with Crippen LogP contribution in [0.5, 0.6) is 0 Å². The molecule has 2 aliphatic heterocycles. The molecule has 0 spiro atoms. The Morgan fingerprint density at radius 2 is 1.73 bits per heavy atom. The minimum Gasteiger partial charge on any atom is -0.379 e. The van der Waals surface area contributed by atoms with E-state index in [0.717, 1.165) is 26.2 Å². The number of aryl methyl sites for hydroxylation is 1. The Morgan fingerprint density at radius 3 is 2.42 bits per heavy atom. The van der Waals surface area contributed by atoms with E-state index in [2.05, 4.69) is 34.2 Å². The molecule has 0 unspecified atom stereocenters. The second-order valence-electron chi connectivity index (χ2n) is 8.26. The van der Waals surface area contributed by atoms with Crippen LogP contribution in [0.3, 0.4) is 0 Å². The highest BCUT2D eigenvalue weighted by Gasteiger charge is 2.27. The molecule has 178 valence electrons. The quantitative estimate of drug-likeness (QED) is 0.667. The standard InChI is InChI=1S/C23H29ClN4O4S/c1-18-4-2-3-5-22(18)27-10-8-26(9-11-27)17-23(29)25-21-16-19(6-7-20(21)24)33(30,31)28-12-14-32-15-13-28/h2-7,16H,8-15,17H2,1H3,(H,25,29). The summed E-state index contributed by atoms with van der Waals surface area (Å²) in [4.78, 5) is 17.2. The average molecular weight is 493 g/mol. The largest absolute Gasteiger partial charge is 0.379 e. The van der Waals surface area contributed by atoms with Crippen LogP contribution in [0, 0.1) is 6.92 Å². The van der Waals surface area contributed by atoms with Gasteiger partial charge >= 0.3 is 0 Å². The maximum absolute atomic E-state index is 12.9. The van der Waals surface area contributed by atoms with Crippen LogP contribution in [-0.4, -0.2) is 82.6 Å². The van der Waals surface area contributed by atoms with E-state index in [0.29, 0.717) is 37.0 Å². The Morgan fingerprint density at radius 1 is 1.03 bits per heavy atom. The molecule has 1 N–H and O–H groups in total. The lowest BCUT2D eigenvalue weighted by Gasteiger charge is -2.36. The van der Waals surface area contributed by atoms with Crippen molar-refractivity contribution in [3.8, 4) is 0 Å². The first-order chi connectivity index (χ1) is 15.8. The van der Waals surface area contributed by atoms with E-state index < -0.39 is 10.0 Å². The van der Waals surface area contributed by atoms with Crippen LogP contribution in [0.1, 0.15) is 5.56 Å². The molecule has 2 fully saturated rings. The van der Waals surface area contributed by atoms with Crippen molar-refractivity contribution in [3.63, 3.8) is 0 Å². The number of nitrogens with zero attached hydrogens (tertiary/aromatic N) is 3. The minimum atomic E-state index is -3.67. The topological polar surface area (TPSA) is 82.2 Å². The first-order valence-electron chi connectivity index (χ1n) is 11.0. The zero-order valence-corrected chi connectivity index (χ0v) is 20.2. The van der Waals surface area contributed by atoms with Gasteiger partial charge in [0.1, 0.15) is 0 Å². The molecule has 2 aliphatic rings. The fourth-order valence-corrected chi connectivity index (χ4v) is 5.75. The SMILES string of the molecule is Cc1ccccc1N1CCN(CC(=O)Nc2cc(S(=O)(=O)N3CCOCC3)ccc2Cl)CC1. The first kappa shape index (κ1) is 24.0. The van der Waals surface area contributed by atoms with Crippen LogP contribution in [0.25, 0.3) is 0 Å². The van der Waals surface area contributed by atoms with Crippen LogP contribution in [0.2, 0.25) is 5.02 Å². The monoisotopic (exact) mass is 492 g/mol. The van der Waals surface area contributed by atoms with Gasteiger partial charge < -0.3 is 15.0 Å². The van der Waals surface area contributed by atoms with Gasteiger partial charge in [-0.1, -0.05) is 29.8 Å². The number of hydrogen-bond donors (Lipinski definition) is 1. The third-order valence-corrected chi connectivity index (χ3v) is 8.24. The van der Waals surface area contributed by atoms with Gasteiger partial charge in [-0.05, 0) is 36.8 Å². The summed E-state index contributed by atoms with van der Waals surface area (Å²) in [6.45, 7) is 6.88. The number of morpholine rings is 1. The predicted octanol–water partition coefficient (Wildman–Crippen LogP) is 2.43. The molecular weight excluding hydrogens is 464 g/mol.